The summed E-state index contributed by atoms with van der Waals surface area (Å²) in [5.74, 6) is -0.559. The zero-order valence-corrected chi connectivity index (χ0v) is 36.6. The number of non-ortho nitro benzene ring substituents is 1. The normalized spacial score (nSPS) is 18.4. The fourth-order valence-corrected chi connectivity index (χ4v) is 7.25. The molecule has 3 aromatic carbocycles. The topological polar surface area (TPSA) is 149 Å². The first-order valence-corrected chi connectivity index (χ1v) is 20.7. The first-order chi connectivity index (χ1) is 28.1. The van der Waals surface area contributed by atoms with Crippen LogP contribution < -0.4 is 0 Å². The number of nitrogens with zero attached hydrogens (tertiary/aromatic N) is 3. The molecule has 12 heteroatoms. The minimum absolute atomic E-state index is 0. The van der Waals surface area contributed by atoms with E-state index in [9.17, 15) is 29.6 Å². The summed E-state index contributed by atoms with van der Waals surface area (Å²) < 4.78 is 23.3. The van der Waals surface area contributed by atoms with Gasteiger partial charge in [0.05, 0.1) is 16.1 Å². The number of aliphatic hydroxyl groups is 1. The van der Waals surface area contributed by atoms with E-state index in [-0.39, 0.29) is 42.9 Å². The van der Waals surface area contributed by atoms with Crippen LogP contribution >= 0.6 is 0 Å². The SMILES string of the molecule is C.CC(C)(C)OC(=O)N1CCC[C@H]1CCC(C)(O)c1ccccc1.CC(C)(C)OC(=O)N1CCC[C@H]1CCC(C)(OC(=O)c1ccc([N+](=O)[O-])cc1)c1ccccc1.[2H]CC. The first-order valence-electron chi connectivity index (χ1n) is 21.4. The van der Waals surface area contributed by atoms with Gasteiger partial charge < -0.3 is 29.1 Å². The highest BCUT2D eigenvalue weighted by Crippen LogP contribution is 2.36. The number of nitro benzene ring substituents is 1. The number of hydrogen-bond donors (Lipinski definition) is 1. The molecule has 0 bridgehead atoms. The van der Waals surface area contributed by atoms with Crippen molar-refractivity contribution in [3.8, 4) is 0 Å². The van der Waals surface area contributed by atoms with Crippen molar-refractivity contribution < 1.29 is 40.0 Å². The molecule has 1 N–H and O–H groups in total. The van der Waals surface area contributed by atoms with Crippen LogP contribution in [-0.4, -0.2) is 74.4 Å². The average molecular weight is 835 g/mol. The summed E-state index contributed by atoms with van der Waals surface area (Å²) in [7, 11) is 0. The van der Waals surface area contributed by atoms with Crippen LogP contribution in [0.15, 0.2) is 84.9 Å². The summed E-state index contributed by atoms with van der Waals surface area (Å²) in [6.07, 6.45) is 5.72. The van der Waals surface area contributed by atoms with E-state index in [1.807, 2.05) is 121 Å². The Kier molecular flexibility index (Phi) is 18.6. The van der Waals surface area contributed by atoms with Gasteiger partial charge in [0.1, 0.15) is 16.8 Å². The Hall–Kier alpha value is -4.97. The van der Waals surface area contributed by atoms with E-state index in [1.165, 1.54) is 24.3 Å². The molecule has 60 heavy (non-hydrogen) atoms. The number of hydrogen-bond acceptors (Lipinski definition) is 9. The van der Waals surface area contributed by atoms with Gasteiger partial charge in [-0.1, -0.05) is 81.9 Å². The summed E-state index contributed by atoms with van der Waals surface area (Å²) in [4.78, 5) is 51.9. The molecular weight excluding hydrogens is 763 g/mol. The summed E-state index contributed by atoms with van der Waals surface area (Å²) in [6, 6.07) is 24.7. The Morgan fingerprint density at radius 3 is 1.55 bits per heavy atom. The predicted octanol–water partition coefficient (Wildman–Crippen LogP) is 11.6. The molecule has 0 aliphatic carbocycles. The highest BCUT2D eigenvalue weighted by Gasteiger charge is 2.38. The fraction of sp³-hybridized carbons (Fsp3) is 0.562. The van der Waals surface area contributed by atoms with E-state index >= 15 is 0 Å². The molecule has 12 nitrogen and oxygen atoms in total. The molecule has 5 rings (SSSR count). The van der Waals surface area contributed by atoms with E-state index in [2.05, 4.69) is 0 Å². The van der Waals surface area contributed by atoms with Crippen LogP contribution in [-0.2, 0) is 25.4 Å². The highest BCUT2D eigenvalue weighted by molar-refractivity contribution is 5.90. The standard InChI is InChI=1S/C26H32N2O6.C19H29NO3.C2H6.CH4/c1-25(2,3)34-24(30)27-18-8-11-21(27)16-17-26(4,20-9-6-5-7-10-20)33-23(29)19-12-14-22(15-13-19)28(31)32;1-18(2,3)23-17(21)20-14-8-11-16(20)12-13-19(4,22)15-9-6-5-7-10-15;1-2;/h5-7,9-10,12-15,21H,8,11,16-18H2,1-4H3;5-7,9-10,16,22H,8,11-14H2,1-4H3;1-2H3;1H4/t21-,26?;16-,19?;;/m00../s1/i;;1D;. The maximum absolute atomic E-state index is 13.0. The van der Waals surface area contributed by atoms with E-state index < -0.39 is 33.3 Å². The molecule has 2 heterocycles. The van der Waals surface area contributed by atoms with E-state index in [1.54, 1.807) is 11.8 Å². The molecule has 0 spiro atoms. The quantitative estimate of drug-likeness (QED) is 0.0862. The number of rotatable bonds is 11. The van der Waals surface area contributed by atoms with Gasteiger partial charge in [0.2, 0.25) is 0 Å². The second-order valence-electron chi connectivity index (χ2n) is 17.4. The molecule has 0 saturated carbocycles. The molecule has 2 saturated heterocycles. The number of nitro groups is 1. The Bertz CT molecular complexity index is 1810. The number of benzene rings is 3. The lowest BCUT2D eigenvalue weighted by molar-refractivity contribution is -0.384. The second kappa shape index (κ2) is 22.6. The van der Waals surface area contributed by atoms with Gasteiger partial charge in [0.15, 0.2) is 0 Å². The molecular formula is C48H71N3O9. The third-order valence-corrected chi connectivity index (χ3v) is 10.3. The Morgan fingerprint density at radius 2 is 1.13 bits per heavy atom. The van der Waals surface area contributed by atoms with Crippen molar-refractivity contribution in [3.63, 3.8) is 0 Å². The van der Waals surface area contributed by atoms with Crippen molar-refractivity contribution in [1.82, 2.24) is 9.80 Å². The maximum atomic E-state index is 13.0. The van der Waals surface area contributed by atoms with Crippen LogP contribution in [0.5, 0.6) is 0 Å². The lowest BCUT2D eigenvalue weighted by Gasteiger charge is -2.33. The number of carbonyl (C=O) groups is 3. The Morgan fingerprint density at radius 1 is 0.717 bits per heavy atom. The van der Waals surface area contributed by atoms with Crippen LogP contribution in [0.2, 0.25) is 0 Å². The van der Waals surface area contributed by atoms with Crippen molar-refractivity contribution >= 4 is 23.8 Å². The van der Waals surface area contributed by atoms with Crippen molar-refractivity contribution in [1.29, 1.82) is 0 Å². The zero-order chi connectivity index (χ0) is 44.7. The van der Waals surface area contributed by atoms with Crippen LogP contribution in [0.4, 0.5) is 15.3 Å². The molecule has 3 aromatic rings. The van der Waals surface area contributed by atoms with E-state index in [4.69, 9.17) is 15.6 Å². The van der Waals surface area contributed by atoms with E-state index in [0.717, 1.165) is 49.8 Å². The second-order valence-corrected chi connectivity index (χ2v) is 17.4. The van der Waals surface area contributed by atoms with Crippen LogP contribution in [0, 0.1) is 10.1 Å². The first kappa shape index (κ1) is 49.4. The summed E-state index contributed by atoms with van der Waals surface area (Å²) >= 11 is 0. The van der Waals surface area contributed by atoms with Crippen molar-refractivity contribution in [2.24, 2.45) is 0 Å². The van der Waals surface area contributed by atoms with Crippen molar-refractivity contribution in [3.05, 3.63) is 112 Å². The van der Waals surface area contributed by atoms with Gasteiger partial charge >= 0.3 is 18.2 Å². The molecule has 2 aliphatic rings. The van der Waals surface area contributed by atoms with Crippen LogP contribution in [0.3, 0.4) is 0 Å². The molecule has 0 aromatic heterocycles. The highest BCUT2D eigenvalue weighted by atomic mass is 16.6. The largest absolute Gasteiger partial charge is 0.451 e. The number of esters is 1. The van der Waals surface area contributed by atoms with E-state index in [0.29, 0.717) is 32.7 Å². The predicted molar refractivity (Wildman–Crippen MR) is 237 cm³/mol. The number of amides is 2. The Balaban J connectivity index is 0.000000413. The molecule has 2 amide bonds. The van der Waals surface area contributed by atoms with Gasteiger partial charge in [0, 0.05) is 38.7 Å². The average Bonchev–Trinajstić information content (AvgIpc) is 3.87. The molecule has 332 valence electrons. The van der Waals surface area contributed by atoms with Crippen molar-refractivity contribution in [2.75, 3.05) is 13.1 Å². The third kappa shape index (κ3) is 15.6. The van der Waals surface area contributed by atoms with Gasteiger partial charge in [-0.3, -0.25) is 10.1 Å². The lowest BCUT2D eigenvalue weighted by Crippen LogP contribution is -2.41. The molecule has 0 radical (unpaired) electrons. The maximum Gasteiger partial charge on any atom is 0.410 e. The molecule has 4 atom stereocenters. The minimum Gasteiger partial charge on any atom is -0.451 e. The number of ether oxygens (including phenoxy) is 3. The van der Waals surface area contributed by atoms with Gasteiger partial charge in [-0.15, -0.1) is 0 Å². The van der Waals surface area contributed by atoms with Crippen LogP contribution in [0.25, 0.3) is 0 Å². The number of likely N-dealkylation sites (tertiary alicyclic amines) is 2. The van der Waals surface area contributed by atoms with Crippen LogP contribution in [0.1, 0.15) is 151 Å². The molecule has 2 unspecified atom stereocenters. The summed E-state index contributed by atoms with van der Waals surface area (Å²) in [5.41, 5.74) is -0.946. The lowest BCUT2D eigenvalue weighted by atomic mass is 9.88. The van der Waals surface area contributed by atoms with Crippen molar-refractivity contribution in [2.45, 2.75) is 162 Å². The molecule has 2 fully saturated rings. The minimum atomic E-state index is -0.942. The third-order valence-electron chi connectivity index (χ3n) is 10.3. The smallest absolute Gasteiger partial charge is 0.410 e. The van der Waals surface area contributed by atoms with Gasteiger partial charge in [-0.25, -0.2) is 14.4 Å². The Labute approximate surface area is 360 Å². The fourth-order valence-electron chi connectivity index (χ4n) is 7.25. The summed E-state index contributed by atoms with van der Waals surface area (Å²) in [5, 5.41) is 21.6. The van der Waals surface area contributed by atoms with Gasteiger partial charge in [0.25, 0.3) is 5.69 Å². The number of carbonyl (C=O) groups excluding carboxylic acids is 3. The van der Waals surface area contributed by atoms with Gasteiger partial charge in [-0.05, 0) is 130 Å². The monoisotopic (exact) mass is 835 g/mol. The molecule has 2 aliphatic heterocycles. The summed E-state index contributed by atoms with van der Waals surface area (Å²) in [6.45, 7) is 18.6. The zero-order valence-electron chi connectivity index (χ0n) is 37.6. The van der Waals surface area contributed by atoms with Gasteiger partial charge in [-0.2, -0.15) is 0 Å².